The molecule has 9 nitrogen and oxygen atoms in total. The highest BCUT2D eigenvalue weighted by Crippen LogP contribution is 2.23. The van der Waals surface area contributed by atoms with Crippen LogP contribution >= 0.6 is 0 Å². The van der Waals surface area contributed by atoms with Crippen LogP contribution in [0.15, 0.2) is 17.3 Å². The summed E-state index contributed by atoms with van der Waals surface area (Å²) in [5.41, 5.74) is 0.0778. The maximum absolute atomic E-state index is 12.1. The number of aromatic nitrogens is 4. The lowest BCUT2D eigenvalue weighted by atomic mass is 9.92. The summed E-state index contributed by atoms with van der Waals surface area (Å²) in [6, 6.07) is 1.55. The first-order valence-electron chi connectivity index (χ1n) is 5.96. The van der Waals surface area contributed by atoms with Crippen LogP contribution < -0.4 is 4.72 Å². The second-order valence-electron chi connectivity index (χ2n) is 5.44. The third-order valence-electron chi connectivity index (χ3n) is 2.73. The number of aromatic amines is 2. The minimum Gasteiger partial charge on any atom is -0.478 e. The van der Waals surface area contributed by atoms with E-state index in [2.05, 4.69) is 25.1 Å². The molecule has 114 valence electrons. The summed E-state index contributed by atoms with van der Waals surface area (Å²) in [5, 5.41) is 20.6. The first kappa shape index (κ1) is 15.0. The highest BCUT2D eigenvalue weighted by Gasteiger charge is 2.26. The van der Waals surface area contributed by atoms with Gasteiger partial charge in [0.2, 0.25) is 0 Å². The van der Waals surface area contributed by atoms with E-state index in [1.54, 1.807) is 6.07 Å². The van der Waals surface area contributed by atoms with Crippen molar-refractivity contribution in [3.63, 3.8) is 0 Å². The van der Waals surface area contributed by atoms with Gasteiger partial charge in [0.15, 0.2) is 10.8 Å². The number of sulfonamides is 1. The zero-order chi connectivity index (χ0) is 15.8. The third kappa shape index (κ3) is 3.05. The van der Waals surface area contributed by atoms with Gasteiger partial charge in [0.1, 0.15) is 5.56 Å². The summed E-state index contributed by atoms with van der Waals surface area (Å²) in [6.45, 7) is 5.82. The predicted molar refractivity (Wildman–Crippen MR) is 73.6 cm³/mol. The molecular formula is C11H15N5O4S. The Morgan fingerprint density at radius 1 is 1.33 bits per heavy atom. The predicted octanol–water partition coefficient (Wildman–Crippen LogP) is 0.929. The Morgan fingerprint density at radius 2 is 2.00 bits per heavy atom. The van der Waals surface area contributed by atoms with Gasteiger partial charge in [-0.3, -0.25) is 14.9 Å². The molecule has 2 aromatic rings. The normalized spacial score (nSPS) is 12.3. The second-order valence-corrected chi connectivity index (χ2v) is 7.06. The van der Waals surface area contributed by atoms with Gasteiger partial charge in [0, 0.05) is 17.2 Å². The number of hydrogen-bond donors (Lipinski definition) is 4. The van der Waals surface area contributed by atoms with Gasteiger partial charge in [-0.1, -0.05) is 20.8 Å². The maximum atomic E-state index is 12.1. The first-order valence-corrected chi connectivity index (χ1v) is 7.45. The lowest BCUT2D eigenvalue weighted by molar-refractivity contribution is 0.0692. The molecule has 4 N–H and O–H groups in total. The van der Waals surface area contributed by atoms with Crippen LogP contribution in [0.3, 0.4) is 0 Å². The fourth-order valence-electron chi connectivity index (χ4n) is 1.58. The highest BCUT2D eigenvalue weighted by atomic mass is 32.2. The Morgan fingerprint density at radius 3 is 2.52 bits per heavy atom. The maximum Gasteiger partial charge on any atom is 0.340 e. The Kier molecular flexibility index (Phi) is 3.49. The van der Waals surface area contributed by atoms with Crippen LogP contribution in [0.4, 0.5) is 5.82 Å². The van der Waals surface area contributed by atoms with Crippen LogP contribution in [0.1, 0.15) is 36.8 Å². The summed E-state index contributed by atoms with van der Waals surface area (Å²) in [5.74, 6) is -1.31. The van der Waals surface area contributed by atoms with E-state index < -0.39 is 26.6 Å². The molecule has 0 fully saturated rings. The lowest BCUT2D eigenvalue weighted by Gasteiger charge is -2.14. The van der Waals surface area contributed by atoms with Crippen LogP contribution in [-0.2, 0) is 15.4 Å². The highest BCUT2D eigenvalue weighted by molar-refractivity contribution is 7.92. The number of nitrogens with zero attached hydrogens (tertiary/aromatic N) is 2. The average molecular weight is 313 g/mol. The van der Waals surface area contributed by atoms with Crippen molar-refractivity contribution in [2.45, 2.75) is 31.2 Å². The summed E-state index contributed by atoms with van der Waals surface area (Å²) < 4.78 is 26.5. The monoisotopic (exact) mass is 313 g/mol. The molecule has 2 rings (SSSR count). The van der Waals surface area contributed by atoms with Gasteiger partial charge in [-0.2, -0.15) is 18.6 Å². The standard InChI is InChI=1S/C11H15N5O4S/c1-11(2,3)7-4-8(14-13-7)16-21(19,20)9-6(10(17)18)5-12-15-9/h4-5H,1-3H3,(H,12,15)(H,17,18)(H2,13,14,16). The quantitative estimate of drug-likeness (QED) is 0.661. The summed E-state index contributed by atoms with van der Waals surface area (Å²) in [4.78, 5) is 10.9. The van der Waals surface area contributed by atoms with E-state index in [4.69, 9.17) is 5.11 Å². The number of carboxylic acids is 1. The molecule has 0 atom stereocenters. The lowest BCUT2D eigenvalue weighted by Crippen LogP contribution is -2.17. The van der Waals surface area contributed by atoms with Crippen molar-refractivity contribution < 1.29 is 18.3 Å². The molecule has 2 heterocycles. The minimum absolute atomic E-state index is 0.0749. The van der Waals surface area contributed by atoms with Crippen molar-refractivity contribution in [1.29, 1.82) is 0 Å². The van der Waals surface area contributed by atoms with Crippen LogP contribution in [0, 0.1) is 0 Å². The van der Waals surface area contributed by atoms with Gasteiger partial charge in [0.05, 0.1) is 6.20 Å². The van der Waals surface area contributed by atoms with Gasteiger partial charge in [-0.25, -0.2) is 4.79 Å². The second kappa shape index (κ2) is 4.88. The van der Waals surface area contributed by atoms with E-state index in [0.29, 0.717) is 0 Å². The molecular weight excluding hydrogens is 298 g/mol. The van der Waals surface area contributed by atoms with E-state index in [0.717, 1.165) is 11.9 Å². The van der Waals surface area contributed by atoms with Gasteiger partial charge in [0.25, 0.3) is 10.0 Å². The van der Waals surface area contributed by atoms with Crippen LogP contribution in [-0.4, -0.2) is 39.9 Å². The molecule has 21 heavy (non-hydrogen) atoms. The Balaban J connectivity index is 2.32. The van der Waals surface area contributed by atoms with Gasteiger partial charge in [-0.05, 0) is 0 Å². The molecule has 0 saturated carbocycles. The zero-order valence-electron chi connectivity index (χ0n) is 11.6. The number of nitrogens with one attached hydrogen (secondary N) is 3. The molecule has 0 amide bonds. The summed E-state index contributed by atoms with van der Waals surface area (Å²) in [6.07, 6.45) is 0.933. The fraction of sp³-hybridized carbons (Fsp3) is 0.364. The zero-order valence-corrected chi connectivity index (χ0v) is 12.4. The van der Waals surface area contributed by atoms with E-state index in [-0.39, 0.29) is 11.2 Å². The van der Waals surface area contributed by atoms with Gasteiger partial charge in [-0.15, -0.1) is 0 Å². The number of rotatable bonds is 4. The van der Waals surface area contributed by atoms with Gasteiger partial charge >= 0.3 is 5.97 Å². The van der Waals surface area contributed by atoms with Crippen molar-refractivity contribution in [2.75, 3.05) is 4.72 Å². The van der Waals surface area contributed by atoms with Crippen LogP contribution in [0.25, 0.3) is 0 Å². The smallest absolute Gasteiger partial charge is 0.340 e. The molecule has 0 aliphatic carbocycles. The van der Waals surface area contributed by atoms with E-state index >= 15 is 0 Å². The first-order chi connectivity index (χ1) is 9.61. The number of anilines is 1. The largest absolute Gasteiger partial charge is 0.478 e. The van der Waals surface area contributed by atoms with Crippen LogP contribution in [0.5, 0.6) is 0 Å². The molecule has 0 spiro atoms. The molecule has 0 aliphatic heterocycles. The topological polar surface area (TPSA) is 141 Å². The van der Waals surface area contributed by atoms with Gasteiger partial charge < -0.3 is 5.11 Å². The number of carboxylic acid groups (broad SMARTS) is 1. The van der Waals surface area contributed by atoms with Crippen molar-refractivity contribution >= 4 is 21.8 Å². The molecule has 0 saturated heterocycles. The Labute approximate surface area is 120 Å². The van der Waals surface area contributed by atoms with Crippen molar-refractivity contribution in [2.24, 2.45) is 0 Å². The molecule has 0 bridgehead atoms. The summed E-state index contributed by atoms with van der Waals surface area (Å²) >= 11 is 0. The van der Waals surface area contributed by atoms with E-state index in [1.807, 2.05) is 20.8 Å². The Hall–Kier alpha value is -2.36. The van der Waals surface area contributed by atoms with Crippen molar-refractivity contribution in [1.82, 2.24) is 20.4 Å². The Bertz CT molecular complexity index is 769. The van der Waals surface area contributed by atoms with Crippen molar-refractivity contribution in [3.05, 3.63) is 23.5 Å². The summed E-state index contributed by atoms with van der Waals surface area (Å²) in [7, 11) is -4.11. The third-order valence-corrected chi connectivity index (χ3v) is 4.05. The average Bonchev–Trinajstić information content (AvgIpc) is 2.93. The molecule has 10 heteroatoms. The fourth-order valence-corrected chi connectivity index (χ4v) is 2.66. The molecule has 0 radical (unpaired) electrons. The SMILES string of the molecule is CC(C)(C)c1cc(NS(=O)(=O)c2[nH]ncc2C(=O)O)n[nH]1. The molecule has 0 unspecified atom stereocenters. The molecule has 2 aromatic heterocycles. The van der Waals surface area contributed by atoms with Crippen molar-refractivity contribution in [3.8, 4) is 0 Å². The number of aromatic carboxylic acids is 1. The molecule has 0 aromatic carbocycles. The molecule has 0 aliphatic rings. The minimum atomic E-state index is -4.11. The van der Waals surface area contributed by atoms with E-state index in [1.165, 1.54) is 0 Å². The number of hydrogen-bond acceptors (Lipinski definition) is 5. The number of carbonyl (C=O) groups is 1. The van der Waals surface area contributed by atoms with Crippen LogP contribution in [0.2, 0.25) is 0 Å². The van der Waals surface area contributed by atoms with E-state index in [9.17, 15) is 13.2 Å². The number of H-pyrrole nitrogens is 2.